The molecule has 21 heavy (non-hydrogen) atoms. The average Bonchev–Trinajstić information content (AvgIpc) is 2.45. The fourth-order valence-corrected chi connectivity index (χ4v) is 2.22. The number of methoxy groups -OCH3 is 2. The van der Waals surface area contributed by atoms with E-state index in [1.165, 1.54) is 20.4 Å². The predicted octanol–water partition coefficient (Wildman–Crippen LogP) is 2.58. The van der Waals surface area contributed by atoms with E-state index in [0.29, 0.717) is 0 Å². The highest BCUT2D eigenvalue weighted by molar-refractivity contribution is 9.10. The summed E-state index contributed by atoms with van der Waals surface area (Å²) in [5, 5.41) is 0. The van der Waals surface area contributed by atoms with Gasteiger partial charge in [-0.15, -0.1) is 0 Å². The van der Waals surface area contributed by atoms with Gasteiger partial charge in [0.05, 0.1) is 26.5 Å². The van der Waals surface area contributed by atoms with Gasteiger partial charge < -0.3 is 15.2 Å². The number of ether oxygens (including phenoxy) is 2. The Morgan fingerprint density at radius 2 is 1.81 bits per heavy atom. The maximum Gasteiger partial charge on any atom is 0.240 e. The third-order valence-corrected chi connectivity index (χ3v) is 3.25. The molecule has 0 saturated heterocycles. The van der Waals surface area contributed by atoms with Crippen LogP contribution in [0.5, 0.6) is 11.8 Å². The first-order valence-electron chi connectivity index (χ1n) is 5.82. The molecule has 5 nitrogen and oxygen atoms in total. The van der Waals surface area contributed by atoms with Gasteiger partial charge in [-0.25, -0.2) is 13.8 Å². The number of aromatic nitrogens is 2. The van der Waals surface area contributed by atoms with Gasteiger partial charge in [0.2, 0.25) is 11.8 Å². The summed E-state index contributed by atoms with van der Waals surface area (Å²) in [6.45, 7) is 0. The molecule has 1 heterocycles. The Balaban J connectivity index is 2.52. The van der Waals surface area contributed by atoms with E-state index >= 15 is 0 Å². The maximum atomic E-state index is 14.0. The van der Waals surface area contributed by atoms with Crippen molar-refractivity contribution in [1.29, 1.82) is 0 Å². The zero-order valence-corrected chi connectivity index (χ0v) is 12.8. The number of hydrogen-bond donors (Lipinski definition) is 1. The van der Waals surface area contributed by atoms with E-state index in [2.05, 4.69) is 25.9 Å². The number of halogens is 3. The highest BCUT2D eigenvalue weighted by Gasteiger charge is 2.24. The Bertz CT molecular complexity index is 647. The van der Waals surface area contributed by atoms with E-state index in [1.807, 2.05) is 0 Å². The van der Waals surface area contributed by atoms with Crippen molar-refractivity contribution in [2.75, 3.05) is 14.2 Å². The molecule has 2 rings (SSSR count). The van der Waals surface area contributed by atoms with Gasteiger partial charge in [-0.2, -0.15) is 4.98 Å². The Morgan fingerprint density at radius 1 is 1.19 bits per heavy atom. The number of rotatable bonds is 4. The summed E-state index contributed by atoms with van der Waals surface area (Å²) in [6, 6.07) is 1.09. The molecule has 0 aliphatic heterocycles. The number of hydrogen-bond acceptors (Lipinski definition) is 5. The van der Waals surface area contributed by atoms with Gasteiger partial charge in [-0.3, -0.25) is 0 Å². The molecule has 1 unspecified atom stereocenters. The molecule has 112 valence electrons. The minimum atomic E-state index is -1.16. The third kappa shape index (κ3) is 3.11. The SMILES string of the molecule is COc1cnc(C(N)c2c(F)cc(Br)cc2F)c(OC)n1. The van der Waals surface area contributed by atoms with Crippen molar-refractivity contribution in [2.45, 2.75) is 6.04 Å². The lowest BCUT2D eigenvalue weighted by molar-refractivity contribution is 0.354. The Hall–Kier alpha value is -1.80. The van der Waals surface area contributed by atoms with Gasteiger partial charge in [0, 0.05) is 10.0 Å². The molecule has 0 aliphatic carbocycles. The first-order chi connectivity index (χ1) is 9.97. The van der Waals surface area contributed by atoms with Crippen LogP contribution in [0.4, 0.5) is 8.78 Å². The molecule has 2 N–H and O–H groups in total. The minimum Gasteiger partial charge on any atom is -0.480 e. The molecule has 1 atom stereocenters. The smallest absolute Gasteiger partial charge is 0.240 e. The normalized spacial score (nSPS) is 12.1. The van der Waals surface area contributed by atoms with Gasteiger partial charge in [0.15, 0.2) is 0 Å². The second-order valence-corrected chi connectivity index (χ2v) is 4.98. The van der Waals surface area contributed by atoms with E-state index in [9.17, 15) is 8.78 Å². The first kappa shape index (κ1) is 15.6. The lowest BCUT2D eigenvalue weighted by Gasteiger charge is -2.16. The second kappa shape index (κ2) is 6.31. The van der Waals surface area contributed by atoms with Crippen molar-refractivity contribution in [1.82, 2.24) is 9.97 Å². The van der Waals surface area contributed by atoms with Crippen LogP contribution in [0.1, 0.15) is 17.3 Å². The van der Waals surface area contributed by atoms with E-state index in [-0.39, 0.29) is 27.5 Å². The summed E-state index contributed by atoms with van der Waals surface area (Å²) >= 11 is 3.01. The topological polar surface area (TPSA) is 70.3 Å². The molecule has 1 aromatic carbocycles. The molecular formula is C13H12BrF2N3O2. The lowest BCUT2D eigenvalue weighted by Crippen LogP contribution is -2.19. The van der Waals surface area contributed by atoms with Crippen LogP contribution in [0, 0.1) is 11.6 Å². The Labute approximate surface area is 128 Å². The van der Waals surface area contributed by atoms with Crippen LogP contribution >= 0.6 is 15.9 Å². The largest absolute Gasteiger partial charge is 0.480 e. The first-order valence-corrected chi connectivity index (χ1v) is 6.62. The molecule has 0 saturated carbocycles. The van der Waals surface area contributed by atoms with E-state index in [1.54, 1.807) is 0 Å². The van der Waals surface area contributed by atoms with E-state index in [4.69, 9.17) is 15.2 Å². The summed E-state index contributed by atoms with van der Waals surface area (Å²) in [5.41, 5.74) is 5.72. The lowest BCUT2D eigenvalue weighted by atomic mass is 10.0. The maximum absolute atomic E-state index is 14.0. The molecule has 0 aliphatic rings. The van der Waals surface area contributed by atoms with Crippen LogP contribution in [0.25, 0.3) is 0 Å². The number of nitrogens with two attached hydrogens (primary N) is 1. The Morgan fingerprint density at radius 3 is 2.33 bits per heavy atom. The fourth-order valence-electron chi connectivity index (χ4n) is 1.82. The molecule has 0 fully saturated rings. The molecule has 0 bridgehead atoms. The van der Waals surface area contributed by atoms with Crippen LogP contribution in [0.2, 0.25) is 0 Å². The van der Waals surface area contributed by atoms with Crippen molar-refractivity contribution >= 4 is 15.9 Å². The molecule has 0 amide bonds. The number of benzene rings is 1. The van der Waals surface area contributed by atoms with Gasteiger partial charge in [-0.05, 0) is 12.1 Å². The zero-order valence-electron chi connectivity index (χ0n) is 11.2. The van der Waals surface area contributed by atoms with Crippen LogP contribution in [0.3, 0.4) is 0 Å². The summed E-state index contributed by atoms with van der Waals surface area (Å²) in [6.07, 6.45) is 1.30. The highest BCUT2D eigenvalue weighted by Crippen LogP contribution is 2.31. The van der Waals surface area contributed by atoms with Crippen LogP contribution < -0.4 is 15.2 Å². The van der Waals surface area contributed by atoms with E-state index < -0.39 is 17.7 Å². The van der Waals surface area contributed by atoms with Crippen LogP contribution in [0.15, 0.2) is 22.8 Å². The monoisotopic (exact) mass is 359 g/mol. The van der Waals surface area contributed by atoms with Gasteiger partial charge in [0.1, 0.15) is 17.3 Å². The molecular weight excluding hydrogens is 348 g/mol. The van der Waals surface area contributed by atoms with Crippen LogP contribution in [-0.4, -0.2) is 24.2 Å². The van der Waals surface area contributed by atoms with Gasteiger partial charge >= 0.3 is 0 Å². The summed E-state index contributed by atoms with van der Waals surface area (Å²) in [7, 11) is 2.77. The predicted molar refractivity (Wildman–Crippen MR) is 75.2 cm³/mol. The molecule has 1 aromatic heterocycles. The third-order valence-electron chi connectivity index (χ3n) is 2.80. The summed E-state index contributed by atoms with van der Waals surface area (Å²) in [4.78, 5) is 8.01. The van der Waals surface area contributed by atoms with Crippen molar-refractivity contribution in [3.05, 3.63) is 45.7 Å². The Kier molecular flexibility index (Phi) is 4.69. The minimum absolute atomic E-state index is 0.0450. The molecule has 8 heteroatoms. The fraction of sp³-hybridized carbons (Fsp3) is 0.231. The van der Waals surface area contributed by atoms with E-state index in [0.717, 1.165) is 12.1 Å². The standard InChI is InChI=1S/C13H12BrF2N3O2/c1-20-9-5-18-12(13(19-9)21-2)11(17)10-7(15)3-6(14)4-8(10)16/h3-5,11H,17H2,1-2H3. The van der Waals surface area contributed by atoms with Crippen molar-refractivity contribution in [3.8, 4) is 11.8 Å². The van der Waals surface area contributed by atoms with Gasteiger partial charge in [0.25, 0.3) is 0 Å². The molecule has 0 radical (unpaired) electrons. The summed E-state index contributed by atoms with van der Waals surface area (Å²) < 4.78 is 38.2. The number of nitrogens with zero attached hydrogens (tertiary/aromatic N) is 2. The van der Waals surface area contributed by atoms with Gasteiger partial charge in [-0.1, -0.05) is 15.9 Å². The van der Waals surface area contributed by atoms with Crippen molar-refractivity contribution in [2.24, 2.45) is 5.73 Å². The van der Waals surface area contributed by atoms with Crippen molar-refractivity contribution < 1.29 is 18.3 Å². The van der Waals surface area contributed by atoms with Crippen molar-refractivity contribution in [3.63, 3.8) is 0 Å². The average molecular weight is 360 g/mol. The molecule has 2 aromatic rings. The quantitative estimate of drug-likeness (QED) is 0.908. The highest BCUT2D eigenvalue weighted by atomic mass is 79.9. The summed E-state index contributed by atoms with van der Waals surface area (Å²) in [5.74, 6) is -1.31. The molecule has 0 spiro atoms. The zero-order chi connectivity index (χ0) is 15.6. The van der Waals surface area contributed by atoms with Crippen LogP contribution in [-0.2, 0) is 0 Å². The second-order valence-electron chi connectivity index (χ2n) is 4.07.